The highest BCUT2D eigenvalue weighted by atomic mass is 32.2. The molecule has 0 saturated heterocycles. The molecule has 2 amide bonds. The number of Topliss-reactive ketones (excluding diaryl/α,β-unsaturated/α-hetero) is 1. The Hall–Kier alpha value is -7.83. The van der Waals surface area contributed by atoms with Crippen molar-refractivity contribution in [3.8, 4) is 39.5 Å². The average Bonchev–Trinajstić information content (AvgIpc) is 4.14. The van der Waals surface area contributed by atoms with Gasteiger partial charge in [0, 0.05) is 76.7 Å². The van der Waals surface area contributed by atoms with E-state index in [9.17, 15) is 61.6 Å². The van der Waals surface area contributed by atoms with Crippen molar-refractivity contribution in [2.45, 2.75) is 32.7 Å². The lowest BCUT2D eigenvalue weighted by Crippen LogP contribution is -2.28. The fourth-order valence-electron chi connectivity index (χ4n) is 8.43. The minimum atomic E-state index is -6.22. The van der Waals surface area contributed by atoms with Crippen LogP contribution in [0.2, 0.25) is 0 Å². The highest BCUT2D eigenvalue weighted by Gasteiger charge is 2.49. The molecule has 392 valence electrons. The number of carbonyl (C=O) groups is 3. The maximum Gasteiger partial charge on any atom is 0.534 e. The molecule has 0 fully saturated rings. The Morgan fingerprint density at radius 2 is 1.05 bits per heavy atom. The first kappa shape index (κ1) is 53.5. The zero-order valence-electron chi connectivity index (χ0n) is 40.5. The van der Waals surface area contributed by atoms with Crippen molar-refractivity contribution in [2.24, 2.45) is 5.41 Å². The maximum atomic E-state index is 13.7. The zero-order valence-corrected chi connectivity index (χ0v) is 43.0. The lowest BCUT2D eigenvalue weighted by Gasteiger charge is -2.17. The summed E-state index contributed by atoms with van der Waals surface area (Å²) >= 11 is 0. The molecule has 4 heterocycles. The Morgan fingerprint density at radius 3 is 1.49 bits per heavy atom. The van der Waals surface area contributed by atoms with Crippen LogP contribution in [-0.4, -0.2) is 82.9 Å². The number of amides is 2. The summed E-state index contributed by atoms with van der Waals surface area (Å²) in [5, 5.41) is 5.59. The van der Waals surface area contributed by atoms with Gasteiger partial charge in [0.05, 0.1) is 29.2 Å². The van der Waals surface area contributed by atoms with Gasteiger partial charge in [0.25, 0.3) is 11.8 Å². The zero-order chi connectivity index (χ0) is 54.9. The largest absolute Gasteiger partial charge is 0.534 e. The van der Waals surface area contributed by atoms with Gasteiger partial charge in [-0.15, -0.1) is 0 Å². The summed E-state index contributed by atoms with van der Waals surface area (Å²) in [5.74, 6) is -3.13. The molecule has 0 bridgehead atoms. The van der Waals surface area contributed by atoms with E-state index >= 15 is 0 Å². The van der Waals surface area contributed by atoms with Crippen molar-refractivity contribution in [2.75, 3.05) is 26.6 Å². The molecule has 0 aliphatic carbocycles. The maximum absolute atomic E-state index is 13.7. The first-order valence-electron chi connectivity index (χ1n) is 22.2. The van der Waals surface area contributed by atoms with Crippen molar-refractivity contribution >= 4 is 91.5 Å². The van der Waals surface area contributed by atoms with Crippen LogP contribution in [0.3, 0.4) is 0 Å². The Labute approximate surface area is 424 Å². The van der Waals surface area contributed by atoms with E-state index in [1.165, 1.54) is 60.7 Å². The number of hydrogen-bond acceptors (Lipinski definition) is 12. The lowest BCUT2D eigenvalue weighted by molar-refractivity contribution is -0.0499. The summed E-state index contributed by atoms with van der Waals surface area (Å²) in [6, 6.07) is 22.6. The minimum Gasteiger partial charge on any atom is -0.454 e. The number of hydrogen-bond donors (Lipinski definition) is 2. The van der Waals surface area contributed by atoms with Crippen LogP contribution in [0.5, 0.6) is 5.75 Å². The third-order valence-corrected chi connectivity index (χ3v) is 14.6. The van der Waals surface area contributed by atoms with Gasteiger partial charge in [-0.1, -0.05) is 39.0 Å². The van der Waals surface area contributed by atoms with E-state index in [0.717, 1.165) is 43.0 Å². The fourth-order valence-corrected chi connectivity index (χ4v) is 10.5. The number of carbonyl (C=O) groups excluding carboxylic acids is 3. The van der Waals surface area contributed by atoms with Crippen molar-refractivity contribution in [1.82, 2.24) is 18.6 Å². The molecule has 75 heavy (non-hydrogen) atoms. The van der Waals surface area contributed by atoms with Gasteiger partial charge < -0.3 is 23.7 Å². The van der Waals surface area contributed by atoms with Crippen molar-refractivity contribution in [1.29, 1.82) is 0 Å². The first-order chi connectivity index (χ1) is 34.9. The van der Waals surface area contributed by atoms with Gasteiger partial charge in [0.2, 0.25) is 20.0 Å². The first-order valence-corrected chi connectivity index (χ1v) is 27.3. The molecule has 16 nitrogen and oxygen atoms in total. The minimum absolute atomic E-state index is 0.0295. The molecule has 9 aromatic rings. The van der Waals surface area contributed by atoms with Crippen LogP contribution in [0.1, 0.15) is 58.3 Å². The van der Waals surface area contributed by atoms with Crippen LogP contribution < -0.4 is 14.8 Å². The summed E-state index contributed by atoms with van der Waals surface area (Å²) in [6.07, 6.45) is 4.59. The summed E-state index contributed by atoms with van der Waals surface area (Å²) in [4.78, 5) is 39.0. The van der Waals surface area contributed by atoms with E-state index in [-0.39, 0.29) is 55.8 Å². The van der Waals surface area contributed by atoms with Gasteiger partial charge in [-0.25, -0.2) is 33.6 Å². The third kappa shape index (κ3) is 10.2. The Morgan fingerprint density at radius 1 is 0.600 bits per heavy atom. The Bertz CT molecular complexity index is 4150. The van der Waals surface area contributed by atoms with Crippen LogP contribution in [0.4, 0.5) is 22.0 Å². The molecular formula is C51H43F5N4O12S3. The summed E-state index contributed by atoms with van der Waals surface area (Å²) < 4.78 is 158. The number of halogens is 5. The molecule has 0 unspecified atom stereocenters. The van der Waals surface area contributed by atoms with Crippen LogP contribution >= 0.6 is 0 Å². The number of furan rings is 2. The number of fused-ring (bicyclic) bond motifs is 6. The predicted octanol–water partition coefficient (Wildman–Crippen LogP) is 10.2. The average molecular weight is 1100 g/mol. The van der Waals surface area contributed by atoms with Crippen LogP contribution in [0.25, 0.3) is 77.5 Å². The van der Waals surface area contributed by atoms with Crippen LogP contribution in [0.15, 0.2) is 118 Å². The Balaban J connectivity index is 0.000000201. The molecule has 0 aliphatic heterocycles. The molecule has 4 aromatic heterocycles. The normalized spacial score (nSPS) is 12.5. The highest BCUT2D eigenvalue weighted by Crippen LogP contribution is 2.45. The predicted molar refractivity (Wildman–Crippen MR) is 271 cm³/mol. The number of alkyl halides is 3. The molecule has 5 aromatic carbocycles. The smallest absolute Gasteiger partial charge is 0.454 e. The molecule has 2 N–H and O–H groups in total. The van der Waals surface area contributed by atoms with Crippen LogP contribution in [-0.2, 0) is 30.2 Å². The fraction of sp³-hybridized carbons (Fsp3) is 0.196. The third-order valence-electron chi connectivity index (χ3n) is 11.6. The van der Waals surface area contributed by atoms with Gasteiger partial charge in [-0.2, -0.15) is 21.6 Å². The van der Waals surface area contributed by atoms with Crippen molar-refractivity contribution in [3.63, 3.8) is 0 Å². The van der Waals surface area contributed by atoms with Crippen LogP contribution in [0, 0.1) is 17.0 Å². The van der Waals surface area contributed by atoms with E-state index in [4.69, 9.17) is 8.83 Å². The second-order valence-corrected chi connectivity index (χ2v) is 23.6. The van der Waals surface area contributed by atoms with Gasteiger partial charge in [0.15, 0.2) is 11.5 Å². The van der Waals surface area contributed by atoms with Gasteiger partial charge >= 0.3 is 15.6 Å². The van der Waals surface area contributed by atoms with Gasteiger partial charge in [-0.3, -0.25) is 14.4 Å². The molecule has 0 saturated carbocycles. The second kappa shape index (κ2) is 19.1. The standard InChI is InChI=1S/C31H29FN2O5S.C20H14F4N2O7S2/c1-31(2,3)17-25(35)20-8-6-7-19(15-20)23-16-24-26(30(36)33-4)28(18-9-11-21(32)12-10-18)39-29(24)22-13-14-34(27(22)23)40(5,37)38;1-25-19(27)15-13-9-14(33-35(30,31)20(22,23)24)16-12(7-8-26(16)34(2,28)29)18(13)32-17(15)10-3-5-11(21)6-4-10/h6-16H,17H2,1-5H3,(H,33,36);3-9H,1-2H3,(H,25,27). The van der Waals surface area contributed by atoms with Gasteiger partial charge in [0.1, 0.15) is 39.8 Å². The number of nitrogens with zero attached hydrogens (tertiary/aromatic N) is 2. The Kier molecular flexibility index (Phi) is 13.6. The topological polar surface area (TPSA) is 223 Å². The van der Waals surface area contributed by atoms with E-state index in [1.807, 2.05) is 20.8 Å². The van der Waals surface area contributed by atoms with Crippen molar-refractivity contribution in [3.05, 3.63) is 138 Å². The van der Waals surface area contributed by atoms with E-state index in [1.54, 1.807) is 36.4 Å². The van der Waals surface area contributed by atoms with Crippen molar-refractivity contribution < 1.29 is 74.6 Å². The molecule has 0 radical (unpaired) electrons. The lowest BCUT2D eigenvalue weighted by atomic mass is 9.87. The summed E-state index contributed by atoms with van der Waals surface area (Å²) in [5.41, 5.74) is -3.71. The number of benzene rings is 5. The number of aromatic nitrogens is 2. The van der Waals surface area contributed by atoms with Gasteiger partial charge in [-0.05, 0) is 89.8 Å². The number of rotatable bonds is 11. The number of ketones is 1. The monoisotopic (exact) mass is 1090 g/mol. The SMILES string of the molecule is CNC(=O)c1c(-c2ccc(F)cc2)oc2c1cc(-c1cccc(C(=O)CC(C)(C)C)c1)c1c2ccn1S(C)(=O)=O.CNC(=O)c1c(-c2ccc(F)cc2)oc2c1cc(OS(=O)(=O)C(F)(F)F)c1c2ccn1S(C)(=O)=O. The molecular weight excluding hydrogens is 1050 g/mol. The quantitative estimate of drug-likeness (QED) is 0.0534. The van der Waals surface area contributed by atoms with E-state index in [0.29, 0.717) is 54.5 Å². The molecule has 9 rings (SSSR count). The highest BCUT2D eigenvalue weighted by molar-refractivity contribution is 7.89. The molecule has 24 heteroatoms. The number of nitrogens with one attached hydrogen (secondary N) is 2. The molecule has 0 spiro atoms. The summed E-state index contributed by atoms with van der Waals surface area (Å²) in [7, 11) is -11.3. The van der Waals surface area contributed by atoms with E-state index < -0.39 is 70.4 Å². The molecule has 0 atom stereocenters. The second-order valence-electron chi connectivity index (χ2n) is 18.3. The summed E-state index contributed by atoms with van der Waals surface area (Å²) in [6.45, 7) is 5.97. The molecule has 0 aliphatic rings. The van der Waals surface area contributed by atoms with E-state index in [2.05, 4.69) is 14.8 Å².